The van der Waals surface area contributed by atoms with Gasteiger partial charge < -0.3 is 29.4 Å². The van der Waals surface area contributed by atoms with Gasteiger partial charge in [0, 0.05) is 30.0 Å². The molecule has 2 aromatic rings. The maximum Gasteiger partial charge on any atom is 0.331 e. The first-order valence-corrected chi connectivity index (χ1v) is 8.20. The molecule has 0 aliphatic carbocycles. The zero-order valence-electron chi connectivity index (χ0n) is 15.7. The van der Waals surface area contributed by atoms with Gasteiger partial charge in [-0.1, -0.05) is 6.07 Å². The molecular weight excluding hydrogens is 366 g/mol. The smallest absolute Gasteiger partial charge is 0.331 e. The summed E-state index contributed by atoms with van der Waals surface area (Å²) in [6.45, 7) is -0.457. The Hall–Kier alpha value is -3.68. The molecule has 0 atom stereocenters. The van der Waals surface area contributed by atoms with Gasteiger partial charge in [-0.15, -0.1) is 0 Å². The van der Waals surface area contributed by atoms with E-state index in [2.05, 4.69) is 5.32 Å². The molecule has 0 spiro atoms. The molecular formula is C20H21NO7. The third-order valence-electron chi connectivity index (χ3n) is 3.60. The minimum atomic E-state index is -0.689. The summed E-state index contributed by atoms with van der Waals surface area (Å²) in [6.07, 6.45) is 2.66. The van der Waals surface area contributed by atoms with Crippen molar-refractivity contribution in [2.45, 2.75) is 0 Å². The monoisotopic (exact) mass is 387 g/mol. The van der Waals surface area contributed by atoms with Crippen molar-refractivity contribution < 1.29 is 33.6 Å². The molecule has 0 aromatic heterocycles. The molecule has 2 aromatic carbocycles. The molecule has 0 radical (unpaired) electrons. The van der Waals surface area contributed by atoms with Crippen LogP contribution in [-0.2, 0) is 14.3 Å². The number of phenolic OH excluding ortho intramolecular Hbond substituents is 1. The molecule has 0 aliphatic heterocycles. The van der Waals surface area contributed by atoms with E-state index in [-0.39, 0.29) is 11.5 Å². The van der Waals surface area contributed by atoms with Crippen LogP contribution in [0.3, 0.4) is 0 Å². The van der Waals surface area contributed by atoms with Gasteiger partial charge in [0.25, 0.3) is 5.91 Å². The lowest BCUT2D eigenvalue weighted by Gasteiger charge is -2.09. The molecule has 2 N–H and O–H groups in total. The number of phenols is 1. The number of carbonyl (C=O) groups is 2. The van der Waals surface area contributed by atoms with Crippen molar-refractivity contribution in [2.75, 3.05) is 33.3 Å². The standard InChI is InChI=1S/C20H21NO7/c1-25-15-9-14(10-16(11-15)26-2)21-19(23)12-28-20(24)7-5-13-4-6-17(22)18(8-13)27-3/h4-11,22H,12H2,1-3H3,(H,21,23). The van der Waals surface area contributed by atoms with E-state index in [1.807, 2.05) is 0 Å². The zero-order chi connectivity index (χ0) is 20.5. The molecule has 1 amide bonds. The SMILES string of the molecule is COc1cc(NC(=O)COC(=O)C=Cc2ccc(O)c(OC)c2)cc(OC)c1. The normalized spacial score (nSPS) is 10.4. The minimum Gasteiger partial charge on any atom is -0.504 e. The Bertz CT molecular complexity index is 855. The quantitative estimate of drug-likeness (QED) is 0.530. The van der Waals surface area contributed by atoms with Gasteiger partial charge in [-0.25, -0.2) is 4.79 Å². The van der Waals surface area contributed by atoms with Crippen LogP contribution < -0.4 is 19.5 Å². The van der Waals surface area contributed by atoms with Crippen LogP contribution in [0.1, 0.15) is 5.56 Å². The van der Waals surface area contributed by atoms with Crippen molar-refractivity contribution in [2.24, 2.45) is 0 Å². The van der Waals surface area contributed by atoms with Gasteiger partial charge in [-0.05, 0) is 23.8 Å². The minimum absolute atomic E-state index is 0.00642. The molecule has 0 unspecified atom stereocenters. The number of ether oxygens (including phenoxy) is 4. The van der Waals surface area contributed by atoms with E-state index < -0.39 is 18.5 Å². The average Bonchev–Trinajstić information content (AvgIpc) is 2.71. The Labute approximate surface area is 162 Å². The number of hydrogen-bond acceptors (Lipinski definition) is 7. The number of benzene rings is 2. The van der Waals surface area contributed by atoms with Gasteiger partial charge in [-0.3, -0.25) is 4.79 Å². The summed E-state index contributed by atoms with van der Waals surface area (Å²) in [5.74, 6) is 0.100. The van der Waals surface area contributed by atoms with Crippen molar-refractivity contribution in [3.63, 3.8) is 0 Å². The number of esters is 1. The fourth-order valence-electron chi connectivity index (χ4n) is 2.22. The summed E-state index contributed by atoms with van der Waals surface area (Å²) >= 11 is 0. The second-order valence-corrected chi connectivity index (χ2v) is 5.52. The molecule has 0 heterocycles. The summed E-state index contributed by atoms with van der Waals surface area (Å²) in [6, 6.07) is 9.49. The van der Waals surface area contributed by atoms with Gasteiger partial charge in [0.15, 0.2) is 18.1 Å². The maximum absolute atomic E-state index is 12.0. The van der Waals surface area contributed by atoms with Crippen LogP contribution in [0.25, 0.3) is 6.08 Å². The fraction of sp³-hybridized carbons (Fsp3) is 0.200. The van der Waals surface area contributed by atoms with Gasteiger partial charge in [-0.2, -0.15) is 0 Å². The molecule has 28 heavy (non-hydrogen) atoms. The van der Waals surface area contributed by atoms with Gasteiger partial charge in [0.1, 0.15) is 11.5 Å². The summed E-state index contributed by atoms with van der Waals surface area (Å²) in [5, 5.41) is 12.1. The van der Waals surface area contributed by atoms with E-state index in [0.717, 1.165) is 0 Å². The Kier molecular flexibility index (Phi) is 7.27. The van der Waals surface area contributed by atoms with Crippen LogP contribution in [0.2, 0.25) is 0 Å². The van der Waals surface area contributed by atoms with Gasteiger partial charge in [0.2, 0.25) is 0 Å². The molecule has 8 heteroatoms. The third-order valence-corrected chi connectivity index (χ3v) is 3.60. The Morgan fingerprint density at radius 2 is 1.68 bits per heavy atom. The van der Waals surface area contributed by atoms with E-state index in [1.165, 1.54) is 39.5 Å². The molecule has 0 aliphatic rings. The van der Waals surface area contributed by atoms with Crippen LogP contribution in [0.15, 0.2) is 42.5 Å². The number of amides is 1. The van der Waals surface area contributed by atoms with Crippen LogP contribution in [-0.4, -0.2) is 44.9 Å². The van der Waals surface area contributed by atoms with Crippen molar-refractivity contribution in [3.05, 3.63) is 48.0 Å². The predicted octanol–water partition coefficient (Wildman–Crippen LogP) is 2.61. The van der Waals surface area contributed by atoms with Gasteiger partial charge in [0.05, 0.1) is 21.3 Å². The highest BCUT2D eigenvalue weighted by atomic mass is 16.5. The van der Waals surface area contributed by atoms with Crippen molar-refractivity contribution >= 4 is 23.6 Å². The zero-order valence-corrected chi connectivity index (χ0v) is 15.7. The molecule has 148 valence electrons. The number of anilines is 1. The fourth-order valence-corrected chi connectivity index (χ4v) is 2.22. The van der Waals surface area contributed by atoms with E-state index in [0.29, 0.717) is 22.7 Å². The largest absolute Gasteiger partial charge is 0.504 e. The van der Waals surface area contributed by atoms with Crippen LogP contribution >= 0.6 is 0 Å². The Morgan fingerprint density at radius 3 is 2.29 bits per heavy atom. The lowest BCUT2D eigenvalue weighted by atomic mass is 10.2. The lowest BCUT2D eigenvalue weighted by Crippen LogP contribution is -2.20. The van der Waals surface area contributed by atoms with E-state index in [1.54, 1.807) is 30.3 Å². The molecule has 0 bridgehead atoms. The van der Waals surface area contributed by atoms with Crippen LogP contribution in [0.5, 0.6) is 23.0 Å². The molecule has 0 saturated carbocycles. The lowest BCUT2D eigenvalue weighted by molar-refractivity contribution is -0.142. The van der Waals surface area contributed by atoms with Crippen molar-refractivity contribution in [1.29, 1.82) is 0 Å². The number of aromatic hydroxyl groups is 1. The number of rotatable bonds is 8. The highest BCUT2D eigenvalue weighted by Crippen LogP contribution is 2.27. The highest BCUT2D eigenvalue weighted by Gasteiger charge is 2.08. The molecule has 2 rings (SSSR count). The second-order valence-electron chi connectivity index (χ2n) is 5.52. The summed E-state index contributed by atoms with van der Waals surface area (Å²) < 4.78 is 20.1. The molecule has 0 saturated heterocycles. The van der Waals surface area contributed by atoms with E-state index in [4.69, 9.17) is 18.9 Å². The Balaban J connectivity index is 1.89. The van der Waals surface area contributed by atoms with Crippen molar-refractivity contribution in [3.8, 4) is 23.0 Å². The number of carbonyl (C=O) groups excluding carboxylic acids is 2. The average molecular weight is 387 g/mol. The number of methoxy groups -OCH3 is 3. The van der Waals surface area contributed by atoms with Crippen molar-refractivity contribution in [1.82, 2.24) is 0 Å². The first-order valence-electron chi connectivity index (χ1n) is 8.20. The highest BCUT2D eigenvalue weighted by molar-refractivity contribution is 5.95. The molecule has 0 fully saturated rings. The topological polar surface area (TPSA) is 103 Å². The second kappa shape index (κ2) is 9.86. The maximum atomic E-state index is 12.0. The number of nitrogens with one attached hydrogen (secondary N) is 1. The van der Waals surface area contributed by atoms with E-state index >= 15 is 0 Å². The molecule has 8 nitrogen and oxygen atoms in total. The first kappa shape index (κ1) is 20.6. The van der Waals surface area contributed by atoms with E-state index in [9.17, 15) is 14.7 Å². The van der Waals surface area contributed by atoms with Crippen LogP contribution in [0, 0.1) is 0 Å². The Morgan fingerprint density at radius 1 is 1.00 bits per heavy atom. The van der Waals surface area contributed by atoms with Crippen LogP contribution in [0.4, 0.5) is 5.69 Å². The summed E-state index contributed by atoms with van der Waals surface area (Å²) in [5.41, 5.74) is 1.07. The predicted molar refractivity (Wildman–Crippen MR) is 103 cm³/mol. The summed E-state index contributed by atoms with van der Waals surface area (Å²) in [7, 11) is 4.42. The van der Waals surface area contributed by atoms with Gasteiger partial charge >= 0.3 is 5.97 Å². The number of hydrogen-bond donors (Lipinski definition) is 2. The summed E-state index contributed by atoms with van der Waals surface area (Å²) in [4.78, 5) is 23.8. The third kappa shape index (κ3) is 5.94. The first-order chi connectivity index (χ1) is 13.4.